The Labute approximate surface area is 73.8 Å². The molecule has 1 aromatic heterocycles. The Balaban J connectivity index is 2.31. The molecule has 3 nitrogen and oxygen atoms in total. The molecule has 0 fully saturated rings. The largest absolute Gasteiger partial charge is 0.337 e. The van der Waals surface area contributed by atoms with Gasteiger partial charge in [0, 0.05) is 19.3 Å². The van der Waals surface area contributed by atoms with Crippen LogP contribution in [0.1, 0.15) is 26.0 Å². The van der Waals surface area contributed by atoms with Crippen LogP contribution >= 0.6 is 0 Å². The smallest absolute Gasteiger partial charge is 0.0949 e. The van der Waals surface area contributed by atoms with Crippen molar-refractivity contribution in [1.29, 1.82) is 0 Å². The first-order valence-corrected chi connectivity index (χ1v) is 4.58. The monoisotopic (exact) mass is 167 g/mol. The predicted molar refractivity (Wildman–Crippen MR) is 49.9 cm³/mol. The lowest BCUT2D eigenvalue weighted by Gasteiger charge is -1.97. The van der Waals surface area contributed by atoms with Crippen molar-refractivity contribution < 1.29 is 0 Å². The molecule has 0 spiro atoms. The second-order valence-electron chi connectivity index (χ2n) is 2.87. The average Bonchev–Trinajstić information content (AvgIpc) is 2.53. The fraction of sp³-hybridized carbons (Fsp3) is 0.667. The summed E-state index contributed by atoms with van der Waals surface area (Å²) >= 11 is 0. The Kier molecular flexibility index (Phi) is 3.80. The van der Waals surface area contributed by atoms with Crippen molar-refractivity contribution in [3.8, 4) is 0 Å². The predicted octanol–water partition coefficient (Wildman–Crippen LogP) is 1.40. The second-order valence-corrected chi connectivity index (χ2v) is 2.87. The molecule has 0 aliphatic carbocycles. The van der Waals surface area contributed by atoms with E-state index in [0.717, 1.165) is 25.3 Å². The number of aromatic nitrogens is 2. The molecule has 0 bridgehead atoms. The van der Waals surface area contributed by atoms with Crippen LogP contribution in [0.3, 0.4) is 0 Å². The van der Waals surface area contributed by atoms with Crippen LogP contribution in [0.5, 0.6) is 0 Å². The molecule has 1 heterocycles. The van der Waals surface area contributed by atoms with E-state index in [4.69, 9.17) is 0 Å². The lowest BCUT2D eigenvalue weighted by Crippen LogP contribution is -2.13. The van der Waals surface area contributed by atoms with Crippen LogP contribution in [0.15, 0.2) is 12.5 Å². The molecule has 0 atom stereocenters. The minimum absolute atomic E-state index is 0.890. The number of aryl methyl sites for hydroxylation is 1. The van der Waals surface area contributed by atoms with Crippen molar-refractivity contribution >= 4 is 0 Å². The van der Waals surface area contributed by atoms with E-state index in [-0.39, 0.29) is 0 Å². The lowest BCUT2D eigenvalue weighted by atomic mass is 10.4. The number of hydrogen-bond acceptors (Lipinski definition) is 2. The molecule has 0 radical (unpaired) electrons. The molecule has 1 N–H and O–H groups in total. The van der Waals surface area contributed by atoms with Gasteiger partial charge >= 0.3 is 0 Å². The number of nitrogens with one attached hydrogen (secondary N) is 1. The van der Waals surface area contributed by atoms with Crippen LogP contribution in [0.2, 0.25) is 0 Å². The summed E-state index contributed by atoms with van der Waals surface area (Å²) in [6.07, 6.45) is 5.14. The number of hydrogen-bond donors (Lipinski definition) is 1. The third-order valence-electron chi connectivity index (χ3n) is 1.78. The third-order valence-corrected chi connectivity index (χ3v) is 1.78. The summed E-state index contributed by atoms with van der Waals surface area (Å²) in [7, 11) is 0. The van der Waals surface area contributed by atoms with E-state index in [2.05, 4.69) is 34.9 Å². The number of rotatable bonds is 5. The van der Waals surface area contributed by atoms with Crippen LogP contribution < -0.4 is 5.32 Å². The topological polar surface area (TPSA) is 29.9 Å². The molecule has 0 saturated heterocycles. The van der Waals surface area contributed by atoms with Gasteiger partial charge in [0.25, 0.3) is 0 Å². The summed E-state index contributed by atoms with van der Waals surface area (Å²) in [5, 5.41) is 3.31. The molecular formula is C9H17N3. The lowest BCUT2D eigenvalue weighted by molar-refractivity contribution is 0.665. The summed E-state index contributed by atoms with van der Waals surface area (Å²) in [5.41, 5.74) is 1.13. The first-order valence-electron chi connectivity index (χ1n) is 4.58. The molecule has 1 rings (SSSR count). The number of imidazole rings is 1. The molecule has 0 saturated carbocycles. The molecule has 0 aliphatic rings. The van der Waals surface area contributed by atoms with Gasteiger partial charge in [0.2, 0.25) is 0 Å². The van der Waals surface area contributed by atoms with Gasteiger partial charge in [-0.05, 0) is 19.9 Å². The van der Waals surface area contributed by atoms with E-state index in [1.165, 1.54) is 6.42 Å². The van der Waals surface area contributed by atoms with Crippen molar-refractivity contribution in [3.63, 3.8) is 0 Å². The van der Waals surface area contributed by atoms with Crippen LogP contribution in [-0.4, -0.2) is 16.1 Å². The summed E-state index contributed by atoms with van der Waals surface area (Å²) in [6, 6.07) is 0. The van der Waals surface area contributed by atoms with Gasteiger partial charge in [-0.15, -0.1) is 0 Å². The van der Waals surface area contributed by atoms with E-state index in [0.29, 0.717) is 0 Å². The molecule has 0 aliphatic heterocycles. The molecule has 68 valence electrons. The van der Waals surface area contributed by atoms with Gasteiger partial charge in [-0.2, -0.15) is 0 Å². The van der Waals surface area contributed by atoms with Gasteiger partial charge < -0.3 is 9.88 Å². The minimum atomic E-state index is 0.890. The van der Waals surface area contributed by atoms with Crippen molar-refractivity contribution in [1.82, 2.24) is 14.9 Å². The van der Waals surface area contributed by atoms with Crippen LogP contribution in [0.4, 0.5) is 0 Å². The maximum Gasteiger partial charge on any atom is 0.0949 e. The Bertz CT molecular complexity index is 217. The maximum atomic E-state index is 4.26. The van der Waals surface area contributed by atoms with Crippen LogP contribution in [0.25, 0.3) is 0 Å². The zero-order chi connectivity index (χ0) is 8.81. The quantitative estimate of drug-likeness (QED) is 0.672. The van der Waals surface area contributed by atoms with Crippen molar-refractivity contribution in [3.05, 3.63) is 18.2 Å². The maximum absolute atomic E-state index is 4.26. The van der Waals surface area contributed by atoms with Gasteiger partial charge in [-0.1, -0.05) is 6.92 Å². The Hall–Kier alpha value is -0.830. The highest BCUT2D eigenvalue weighted by Crippen LogP contribution is 1.94. The standard InChI is InChI=1S/C9H17N3/c1-3-5-10-6-9-7-12(4-2)8-11-9/h7-8,10H,3-6H2,1-2H3. The Morgan fingerprint density at radius 2 is 2.33 bits per heavy atom. The summed E-state index contributed by atoms with van der Waals surface area (Å²) in [4.78, 5) is 4.26. The fourth-order valence-electron chi connectivity index (χ4n) is 1.06. The van der Waals surface area contributed by atoms with E-state index in [9.17, 15) is 0 Å². The Morgan fingerprint density at radius 3 is 2.92 bits per heavy atom. The summed E-state index contributed by atoms with van der Waals surface area (Å²) < 4.78 is 2.09. The average molecular weight is 167 g/mol. The third kappa shape index (κ3) is 2.66. The van der Waals surface area contributed by atoms with E-state index >= 15 is 0 Å². The second kappa shape index (κ2) is 4.93. The highest BCUT2D eigenvalue weighted by atomic mass is 15.0. The normalized spacial score (nSPS) is 10.5. The highest BCUT2D eigenvalue weighted by molar-refractivity contribution is 4.95. The molecular weight excluding hydrogens is 150 g/mol. The molecule has 0 aromatic carbocycles. The molecule has 1 aromatic rings. The van der Waals surface area contributed by atoms with Crippen molar-refractivity contribution in [2.45, 2.75) is 33.4 Å². The van der Waals surface area contributed by atoms with Crippen molar-refractivity contribution in [2.24, 2.45) is 0 Å². The van der Waals surface area contributed by atoms with E-state index in [1.54, 1.807) is 0 Å². The Morgan fingerprint density at radius 1 is 1.50 bits per heavy atom. The van der Waals surface area contributed by atoms with Crippen LogP contribution in [-0.2, 0) is 13.1 Å². The van der Waals surface area contributed by atoms with Crippen LogP contribution in [0, 0.1) is 0 Å². The van der Waals surface area contributed by atoms with E-state index < -0.39 is 0 Å². The zero-order valence-electron chi connectivity index (χ0n) is 7.88. The molecule has 3 heteroatoms. The number of nitrogens with zero attached hydrogens (tertiary/aromatic N) is 2. The van der Waals surface area contributed by atoms with Gasteiger partial charge in [0.15, 0.2) is 0 Å². The van der Waals surface area contributed by atoms with Gasteiger partial charge in [0.05, 0.1) is 12.0 Å². The van der Waals surface area contributed by atoms with Gasteiger partial charge in [0.1, 0.15) is 0 Å². The fourth-order valence-corrected chi connectivity index (χ4v) is 1.06. The van der Waals surface area contributed by atoms with E-state index in [1.807, 2.05) is 6.33 Å². The first-order chi connectivity index (χ1) is 5.86. The van der Waals surface area contributed by atoms with Gasteiger partial charge in [-0.25, -0.2) is 4.98 Å². The molecule has 0 unspecified atom stereocenters. The zero-order valence-corrected chi connectivity index (χ0v) is 7.88. The molecule has 12 heavy (non-hydrogen) atoms. The summed E-state index contributed by atoms with van der Waals surface area (Å²) in [5.74, 6) is 0. The highest BCUT2D eigenvalue weighted by Gasteiger charge is 1.95. The minimum Gasteiger partial charge on any atom is -0.337 e. The SMILES string of the molecule is CCCNCc1cn(CC)cn1. The van der Waals surface area contributed by atoms with Gasteiger partial charge in [-0.3, -0.25) is 0 Å². The summed E-state index contributed by atoms with van der Waals surface area (Å²) in [6.45, 7) is 7.24. The molecule has 0 amide bonds. The first kappa shape index (κ1) is 9.26. The van der Waals surface area contributed by atoms with Crippen molar-refractivity contribution in [2.75, 3.05) is 6.54 Å².